The smallest absolute Gasteiger partial charge is 0.255 e. The zero-order valence-corrected chi connectivity index (χ0v) is 8.04. The maximum atomic E-state index is 11.8. The highest BCUT2D eigenvalue weighted by Crippen LogP contribution is 2.29. The van der Waals surface area contributed by atoms with E-state index in [1.165, 1.54) is 0 Å². The molecule has 72 valence electrons. The van der Waals surface area contributed by atoms with Crippen molar-refractivity contribution in [2.75, 3.05) is 11.9 Å². The Morgan fingerprint density at radius 1 is 1.31 bits per heavy atom. The highest BCUT2D eigenvalue weighted by atomic mass is 35.5. The summed E-state index contributed by atoms with van der Waals surface area (Å²) < 4.78 is 23.6. The fourth-order valence-electron chi connectivity index (χ4n) is 0.827. The first-order valence-corrected chi connectivity index (χ1v) is 4.33. The van der Waals surface area contributed by atoms with Gasteiger partial charge < -0.3 is 5.32 Å². The molecule has 1 rings (SSSR count). The summed E-state index contributed by atoms with van der Waals surface area (Å²) in [6.45, 7) is -0.430. The molecule has 0 aromatic heterocycles. The first kappa shape index (κ1) is 10.5. The van der Waals surface area contributed by atoms with E-state index in [1.807, 2.05) is 0 Å². The molecule has 0 aliphatic rings. The van der Waals surface area contributed by atoms with Crippen LogP contribution in [0.4, 0.5) is 14.5 Å². The van der Waals surface area contributed by atoms with Crippen molar-refractivity contribution >= 4 is 28.9 Å². The predicted molar refractivity (Wildman–Crippen MR) is 51.0 cm³/mol. The standard InChI is InChI=1S/C8H7Cl2F2N/c9-5-2-1-3-6(8(5)10)13-4-7(11)12/h1-3,7,13H,4H2. The van der Waals surface area contributed by atoms with Crippen molar-refractivity contribution in [3.05, 3.63) is 28.2 Å². The zero-order valence-electron chi connectivity index (χ0n) is 6.53. The van der Waals surface area contributed by atoms with E-state index in [2.05, 4.69) is 5.32 Å². The highest BCUT2D eigenvalue weighted by molar-refractivity contribution is 6.43. The second kappa shape index (κ2) is 4.63. The van der Waals surface area contributed by atoms with Gasteiger partial charge in [-0.2, -0.15) is 0 Å². The molecule has 0 fully saturated rings. The largest absolute Gasteiger partial charge is 0.378 e. The van der Waals surface area contributed by atoms with Crippen molar-refractivity contribution < 1.29 is 8.78 Å². The van der Waals surface area contributed by atoms with Gasteiger partial charge in [-0.1, -0.05) is 29.3 Å². The number of hydrogen-bond donors (Lipinski definition) is 1. The summed E-state index contributed by atoms with van der Waals surface area (Å²) >= 11 is 11.4. The van der Waals surface area contributed by atoms with Crippen LogP contribution in [-0.2, 0) is 0 Å². The highest BCUT2D eigenvalue weighted by Gasteiger charge is 2.06. The number of anilines is 1. The maximum absolute atomic E-state index is 11.8. The molecule has 0 aliphatic heterocycles. The molecule has 13 heavy (non-hydrogen) atoms. The van der Waals surface area contributed by atoms with Crippen LogP contribution < -0.4 is 5.32 Å². The SMILES string of the molecule is FC(F)CNc1cccc(Cl)c1Cl. The second-order valence-corrected chi connectivity index (χ2v) is 3.16. The molecule has 0 atom stereocenters. The quantitative estimate of drug-likeness (QED) is 0.828. The van der Waals surface area contributed by atoms with Gasteiger partial charge in [0.15, 0.2) is 0 Å². The average molecular weight is 226 g/mol. The van der Waals surface area contributed by atoms with Crippen LogP contribution in [0.5, 0.6) is 0 Å². The van der Waals surface area contributed by atoms with Gasteiger partial charge >= 0.3 is 0 Å². The lowest BCUT2D eigenvalue weighted by Crippen LogP contribution is -2.10. The first-order chi connectivity index (χ1) is 6.11. The summed E-state index contributed by atoms with van der Waals surface area (Å²) in [6, 6.07) is 4.83. The van der Waals surface area contributed by atoms with Crippen LogP contribution in [0.25, 0.3) is 0 Å². The Bertz CT molecular complexity index is 291. The van der Waals surface area contributed by atoms with Crippen molar-refractivity contribution in [2.45, 2.75) is 6.43 Å². The lowest BCUT2D eigenvalue weighted by atomic mass is 10.3. The van der Waals surface area contributed by atoms with E-state index in [0.717, 1.165) is 0 Å². The van der Waals surface area contributed by atoms with E-state index in [9.17, 15) is 8.78 Å². The Labute approximate surface area is 84.6 Å². The summed E-state index contributed by atoms with van der Waals surface area (Å²) in [5.74, 6) is 0. The molecule has 1 aromatic carbocycles. The van der Waals surface area contributed by atoms with Gasteiger partial charge in [0.2, 0.25) is 0 Å². The van der Waals surface area contributed by atoms with Crippen LogP contribution in [0.15, 0.2) is 18.2 Å². The molecule has 0 unspecified atom stereocenters. The minimum absolute atomic E-state index is 0.268. The van der Waals surface area contributed by atoms with Gasteiger partial charge in [-0.3, -0.25) is 0 Å². The number of halogens is 4. The number of hydrogen-bond acceptors (Lipinski definition) is 1. The van der Waals surface area contributed by atoms with Crippen molar-refractivity contribution in [3.63, 3.8) is 0 Å². The summed E-state index contributed by atoms with van der Waals surface area (Å²) in [6.07, 6.45) is -2.41. The molecule has 0 aliphatic carbocycles. The lowest BCUT2D eigenvalue weighted by molar-refractivity contribution is 0.163. The summed E-state index contributed by atoms with van der Waals surface area (Å²) in [5, 5.41) is 3.10. The minimum Gasteiger partial charge on any atom is -0.378 e. The van der Waals surface area contributed by atoms with Crippen LogP contribution in [0.1, 0.15) is 0 Å². The normalized spacial score (nSPS) is 10.5. The monoisotopic (exact) mass is 225 g/mol. The maximum Gasteiger partial charge on any atom is 0.255 e. The topological polar surface area (TPSA) is 12.0 Å². The van der Waals surface area contributed by atoms with E-state index in [1.54, 1.807) is 18.2 Å². The summed E-state index contributed by atoms with van der Waals surface area (Å²) in [5.41, 5.74) is 0.425. The van der Waals surface area contributed by atoms with Gasteiger partial charge in [-0.05, 0) is 12.1 Å². The molecular weight excluding hydrogens is 219 g/mol. The Morgan fingerprint density at radius 3 is 2.62 bits per heavy atom. The number of alkyl halides is 2. The van der Waals surface area contributed by atoms with E-state index < -0.39 is 13.0 Å². The number of rotatable bonds is 3. The van der Waals surface area contributed by atoms with Crippen LogP contribution in [0.2, 0.25) is 10.0 Å². The van der Waals surface area contributed by atoms with Gasteiger partial charge in [0.1, 0.15) is 0 Å². The van der Waals surface area contributed by atoms with Gasteiger partial charge in [0, 0.05) is 0 Å². The van der Waals surface area contributed by atoms with Crippen molar-refractivity contribution in [1.82, 2.24) is 0 Å². The van der Waals surface area contributed by atoms with Crippen LogP contribution in [-0.4, -0.2) is 13.0 Å². The van der Waals surface area contributed by atoms with Crippen molar-refractivity contribution in [2.24, 2.45) is 0 Å². The Morgan fingerprint density at radius 2 is 2.00 bits per heavy atom. The molecule has 0 amide bonds. The average Bonchev–Trinajstić information content (AvgIpc) is 2.07. The molecule has 1 nitrogen and oxygen atoms in total. The van der Waals surface area contributed by atoms with E-state index in [4.69, 9.17) is 23.2 Å². The van der Waals surface area contributed by atoms with Crippen LogP contribution in [0, 0.1) is 0 Å². The first-order valence-electron chi connectivity index (χ1n) is 3.57. The molecule has 0 radical (unpaired) electrons. The van der Waals surface area contributed by atoms with Crippen molar-refractivity contribution in [1.29, 1.82) is 0 Å². The van der Waals surface area contributed by atoms with E-state index >= 15 is 0 Å². The van der Waals surface area contributed by atoms with Gasteiger partial charge in [0.05, 0.1) is 22.3 Å². The molecule has 0 saturated carbocycles. The predicted octanol–water partition coefficient (Wildman–Crippen LogP) is 3.67. The number of benzene rings is 1. The van der Waals surface area contributed by atoms with Crippen molar-refractivity contribution in [3.8, 4) is 0 Å². The third-order valence-corrected chi connectivity index (χ3v) is 2.22. The fourth-order valence-corrected chi connectivity index (χ4v) is 1.19. The summed E-state index contributed by atoms with van der Waals surface area (Å²) in [4.78, 5) is 0. The van der Waals surface area contributed by atoms with Gasteiger partial charge in [-0.25, -0.2) is 8.78 Å². The van der Waals surface area contributed by atoms with E-state index in [-0.39, 0.29) is 5.02 Å². The second-order valence-electron chi connectivity index (χ2n) is 2.37. The molecule has 1 aromatic rings. The summed E-state index contributed by atoms with van der Waals surface area (Å²) in [7, 11) is 0. The molecular formula is C8H7Cl2F2N. The lowest BCUT2D eigenvalue weighted by Gasteiger charge is -2.07. The Kier molecular flexibility index (Phi) is 3.75. The fraction of sp³-hybridized carbons (Fsp3) is 0.250. The molecule has 0 bridgehead atoms. The molecule has 5 heteroatoms. The van der Waals surface area contributed by atoms with E-state index in [0.29, 0.717) is 10.7 Å². The molecule has 1 N–H and O–H groups in total. The Balaban J connectivity index is 2.71. The minimum atomic E-state index is -2.41. The molecule has 0 spiro atoms. The molecule has 0 heterocycles. The zero-order chi connectivity index (χ0) is 9.84. The van der Waals surface area contributed by atoms with Crippen LogP contribution >= 0.6 is 23.2 Å². The third-order valence-electron chi connectivity index (χ3n) is 1.40. The third kappa shape index (κ3) is 3.01. The number of nitrogens with one attached hydrogen (secondary N) is 1. The van der Waals surface area contributed by atoms with Crippen LogP contribution in [0.3, 0.4) is 0 Å². The van der Waals surface area contributed by atoms with Gasteiger partial charge in [-0.15, -0.1) is 0 Å². The molecule has 0 saturated heterocycles. The van der Waals surface area contributed by atoms with Gasteiger partial charge in [0.25, 0.3) is 6.43 Å². The Hall–Kier alpha value is -0.540.